The van der Waals surface area contributed by atoms with Crippen molar-refractivity contribution < 1.29 is 51.0 Å². The van der Waals surface area contributed by atoms with Gasteiger partial charge in [0, 0.05) is 0 Å². The van der Waals surface area contributed by atoms with Crippen LogP contribution in [-0.2, 0) is 26.2 Å². The smallest absolute Gasteiger partial charge is 1.00 e. The fraction of sp³-hybridized carbons (Fsp3) is 0. The minimum atomic E-state index is 0. The maximum Gasteiger partial charge on any atom is 4.00 e. The predicted molar refractivity (Wildman–Crippen MR) is 70.4 cm³/mol. The molecule has 0 aliphatic carbocycles. The van der Waals surface area contributed by atoms with Crippen molar-refractivity contribution in [2.24, 2.45) is 0 Å². The van der Waals surface area contributed by atoms with Crippen molar-refractivity contribution in [1.29, 1.82) is 0 Å². The van der Waals surface area contributed by atoms with Gasteiger partial charge in [-0.15, -0.1) is 41.8 Å². The van der Waals surface area contributed by atoms with E-state index in [9.17, 15) is 0 Å². The first kappa shape index (κ1) is 20.7. The molecule has 19 heavy (non-hydrogen) atoms. The van der Waals surface area contributed by atoms with E-state index in [-0.39, 0.29) is 51.0 Å². The normalized spacial score (nSPS) is 8.00. The monoisotopic (exact) mass is 366 g/mol. The first-order chi connectivity index (χ1) is 7.86. The third-order valence-corrected chi connectivity index (χ3v) is 2.39. The van der Waals surface area contributed by atoms with Crippen LogP contribution < -0.4 is 24.8 Å². The molecule has 3 aromatic rings. The Morgan fingerprint density at radius 1 is 0.737 bits per heavy atom. The van der Waals surface area contributed by atoms with Crippen molar-refractivity contribution in [2.75, 3.05) is 0 Å². The molecule has 96 valence electrons. The van der Waals surface area contributed by atoms with Gasteiger partial charge in [0.15, 0.2) is 0 Å². The van der Waals surface area contributed by atoms with Crippen LogP contribution in [0.3, 0.4) is 0 Å². The first-order valence-electron chi connectivity index (χ1n) is 5.34. The summed E-state index contributed by atoms with van der Waals surface area (Å²) >= 11 is 0. The van der Waals surface area contributed by atoms with Gasteiger partial charge < -0.3 is 24.8 Å². The molecule has 0 saturated heterocycles. The second-order valence-corrected chi connectivity index (χ2v) is 3.64. The molecule has 0 aliphatic rings. The fourth-order valence-electron chi connectivity index (χ4n) is 1.55. The molecule has 0 atom stereocenters. The van der Waals surface area contributed by atoms with Gasteiger partial charge in [-0.1, -0.05) is 12.1 Å². The maximum absolute atomic E-state index is 3.72. The van der Waals surface area contributed by atoms with Crippen molar-refractivity contribution in [3.05, 3.63) is 85.3 Å². The molecular weight excluding hydrogens is 354 g/mol. The summed E-state index contributed by atoms with van der Waals surface area (Å²) in [5.74, 6) is 0. The molecule has 0 unspecified atom stereocenters. The molecule has 0 aromatic heterocycles. The Kier molecular flexibility index (Phi) is 12.2. The molecule has 0 nitrogen and oxygen atoms in total. The van der Waals surface area contributed by atoms with Crippen LogP contribution >= 0.6 is 0 Å². The third kappa shape index (κ3) is 6.92. The van der Waals surface area contributed by atoms with Gasteiger partial charge in [0.05, 0.1) is 0 Å². The van der Waals surface area contributed by atoms with Gasteiger partial charge in [-0.3, -0.25) is 0 Å². The molecule has 0 N–H and O–H groups in total. The van der Waals surface area contributed by atoms with Gasteiger partial charge >= 0.3 is 26.2 Å². The van der Waals surface area contributed by atoms with Gasteiger partial charge in [-0.2, -0.15) is 42.1 Å². The summed E-state index contributed by atoms with van der Waals surface area (Å²) < 4.78 is 0. The second-order valence-electron chi connectivity index (χ2n) is 3.64. The molecule has 0 heterocycles. The molecular formula is C16H14Cl2Zr. The summed E-state index contributed by atoms with van der Waals surface area (Å²) in [4.78, 5) is 0. The molecule has 0 saturated carbocycles. The summed E-state index contributed by atoms with van der Waals surface area (Å²) in [6.45, 7) is 3.72. The average molecular weight is 368 g/mol. The third-order valence-electron chi connectivity index (χ3n) is 2.39. The number of hydrogen-bond acceptors (Lipinski definition) is 0. The van der Waals surface area contributed by atoms with Gasteiger partial charge in [-0.25, -0.2) is 0 Å². The van der Waals surface area contributed by atoms with Gasteiger partial charge in [0.1, 0.15) is 0 Å². The zero-order valence-electron chi connectivity index (χ0n) is 10.4. The number of fused-ring (bicyclic) bond motifs is 1. The van der Waals surface area contributed by atoms with Crippen molar-refractivity contribution >= 4 is 10.8 Å². The van der Waals surface area contributed by atoms with E-state index in [0.717, 1.165) is 5.56 Å². The van der Waals surface area contributed by atoms with Crippen LogP contribution in [0.1, 0.15) is 5.56 Å². The van der Waals surface area contributed by atoms with E-state index in [1.165, 1.54) is 10.8 Å². The molecule has 3 heteroatoms. The quantitative estimate of drug-likeness (QED) is 0.421. The summed E-state index contributed by atoms with van der Waals surface area (Å²) in [6.07, 6.45) is 0. The number of benzene rings is 2. The van der Waals surface area contributed by atoms with Crippen molar-refractivity contribution in [2.45, 2.75) is 0 Å². The SMILES string of the molecule is [CH2-]c1ccccc1.[Cl-].[Cl-].[Zr+4].c1ccc2[cH-]ccc2c1. The van der Waals surface area contributed by atoms with E-state index < -0.39 is 0 Å². The van der Waals surface area contributed by atoms with Gasteiger partial charge in [0.2, 0.25) is 0 Å². The minimum Gasteiger partial charge on any atom is -1.00 e. The zero-order chi connectivity index (χ0) is 11.2. The maximum atomic E-state index is 3.72. The molecule has 0 aliphatic heterocycles. The molecule has 3 aromatic carbocycles. The Morgan fingerprint density at radius 3 is 1.84 bits per heavy atom. The molecule has 0 spiro atoms. The van der Waals surface area contributed by atoms with Crippen LogP contribution in [0.5, 0.6) is 0 Å². The average Bonchev–Trinajstić information content (AvgIpc) is 2.79. The Labute approximate surface area is 146 Å². The molecule has 3 rings (SSSR count). The fourth-order valence-corrected chi connectivity index (χ4v) is 1.55. The Bertz CT molecular complexity index is 516. The summed E-state index contributed by atoms with van der Waals surface area (Å²) in [5, 5.41) is 2.66. The van der Waals surface area contributed by atoms with E-state index in [2.05, 4.69) is 49.4 Å². The second kappa shape index (κ2) is 11.2. The number of hydrogen-bond donors (Lipinski definition) is 0. The van der Waals surface area contributed by atoms with E-state index in [0.29, 0.717) is 0 Å². The topological polar surface area (TPSA) is 0 Å². The van der Waals surface area contributed by atoms with Crippen LogP contribution in [0.15, 0.2) is 72.8 Å². The molecule has 0 fully saturated rings. The standard InChI is InChI=1S/C9H7.C7H7.2ClH.Zr/c1-2-5-9-7-3-6-8(9)4-1;1-7-5-3-2-4-6-7;;;/h1-7H;2-6H,1H2;2*1H;/q2*-1;;;+4/p-2. The Hall–Kier alpha value is -0.617. The molecule has 0 bridgehead atoms. The number of rotatable bonds is 0. The largest absolute Gasteiger partial charge is 4.00 e. The van der Waals surface area contributed by atoms with E-state index >= 15 is 0 Å². The van der Waals surface area contributed by atoms with Crippen molar-refractivity contribution in [3.8, 4) is 0 Å². The van der Waals surface area contributed by atoms with Crippen LogP contribution in [0.4, 0.5) is 0 Å². The predicted octanol–water partition coefficient (Wildman–Crippen LogP) is -1.57. The van der Waals surface area contributed by atoms with E-state index in [1.54, 1.807) is 0 Å². The molecule has 0 amide bonds. The zero-order valence-corrected chi connectivity index (χ0v) is 14.4. The Balaban J connectivity index is 0. The van der Waals surface area contributed by atoms with Gasteiger partial charge in [0.25, 0.3) is 0 Å². The van der Waals surface area contributed by atoms with Crippen molar-refractivity contribution in [3.63, 3.8) is 0 Å². The van der Waals surface area contributed by atoms with Crippen LogP contribution in [-0.4, -0.2) is 0 Å². The number of halogens is 2. The minimum absolute atomic E-state index is 0. The van der Waals surface area contributed by atoms with Crippen LogP contribution in [0.2, 0.25) is 0 Å². The van der Waals surface area contributed by atoms with E-state index in [1.807, 2.05) is 30.3 Å². The Morgan fingerprint density at radius 2 is 1.32 bits per heavy atom. The summed E-state index contributed by atoms with van der Waals surface area (Å²) in [7, 11) is 0. The van der Waals surface area contributed by atoms with E-state index in [4.69, 9.17) is 0 Å². The first-order valence-corrected chi connectivity index (χ1v) is 5.34. The van der Waals surface area contributed by atoms with Crippen LogP contribution in [0, 0.1) is 6.92 Å². The molecule has 0 radical (unpaired) electrons. The summed E-state index contributed by atoms with van der Waals surface area (Å²) in [5.41, 5.74) is 1.07. The van der Waals surface area contributed by atoms with Crippen LogP contribution in [0.25, 0.3) is 10.8 Å². The summed E-state index contributed by atoms with van der Waals surface area (Å²) in [6, 6.07) is 24.5. The van der Waals surface area contributed by atoms with Gasteiger partial charge in [-0.05, 0) is 0 Å². The van der Waals surface area contributed by atoms with Crippen molar-refractivity contribution in [1.82, 2.24) is 0 Å².